The maximum absolute atomic E-state index is 12.7. The lowest BCUT2D eigenvalue weighted by Crippen LogP contribution is -2.10. The first-order valence-electron chi connectivity index (χ1n) is 5.15. The van der Waals surface area contributed by atoms with Crippen molar-refractivity contribution in [3.8, 4) is 11.3 Å². The number of hydrogen-bond acceptors (Lipinski definition) is 2. The minimum absolute atomic E-state index is 0.0379. The quantitative estimate of drug-likeness (QED) is 0.758. The van der Waals surface area contributed by atoms with Gasteiger partial charge in [0, 0.05) is 5.56 Å². The zero-order chi connectivity index (χ0) is 14.2. The summed E-state index contributed by atoms with van der Waals surface area (Å²) >= 11 is 11.6. The number of rotatable bonds is 1. The summed E-state index contributed by atoms with van der Waals surface area (Å²) in [5.74, 6) is 0.0379. The molecule has 7 heteroatoms. The highest BCUT2D eigenvalue weighted by Crippen LogP contribution is 2.32. The van der Waals surface area contributed by atoms with Gasteiger partial charge in [-0.15, -0.1) is 0 Å². The van der Waals surface area contributed by atoms with Gasteiger partial charge in [0.2, 0.25) is 0 Å². The van der Waals surface area contributed by atoms with Crippen LogP contribution >= 0.6 is 23.2 Å². The lowest BCUT2D eigenvalue weighted by molar-refractivity contribution is -0.141. The highest BCUT2D eigenvalue weighted by Gasteiger charge is 2.33. The highest BCUT2D eigenvalue weighted by atomic mass is 35.5. The Morgan fingerprint density at radius 3 is 2.26 bits per heavy atom. The van der Waals surface area contributed by atoms with Crippen molar-refractivity contribution >= 4 is 23.2 Å². The fourth-order valence-corrected chi connectivity index (χ4v) is 1.81. The molecule has 0 aliphatic rings. The summed E-state index contributed by atoms with van der Waals surface area (Å²) in [6.45, 7) is 1.40. The molecule has 0 unspecified atom stereocenters. The predicted molar refractivity (Wildman–Crippen MR) is 67.2 cm³/mol. The molecule has 0 spiro atoms. The van der Waals surface area contributed by atoms with E-state index in [1.54, 1.807) is 6.07 Å². The average Bonchev–Trinajstić information content (AvgIpc) is 2.31. The van der Waals surface area contributed by atoms with Crippen LogP contribution < -0.4 is 0 Å². The monoisotopic (exact) mass is 306 g/mol. The van der Waals surface area contributed by atoms with Crippen molar-refractivity contribution in [2.75, 3.05) is 0 Å². The Morgan fingerprint density at radius 2 is 1.68 bits per heavy atom. The number of alkyl halides is 3. The number of aromatic nitrogens is 2. The van der Waals surface area contributed by atoms with Crippen molar-refractivity contribution in [3.05, 3.63) is 45.8 Å². The van der Waals surface area contributed by atoms with Gasteiger partial charge in [-0.2, -0.15) is 13.2 Å². The van der Waals surface area contributed by atoms with Gasteiger partial charge in [-0.05, 0) is 25.1 Å². The molecule has 2 nitrogen and oxygen atoms in total. The van der Waals surface area contributed by atoms with Gasteiger partial charge in [-0.3, -0.25) is 0 Å². The summed E-state index contributed by atoms with van der Waals surface area (Å²) in [7, 11) is 0. The first kappa shape index (κ1) is 14.1. The molecule has 0 aliphatic carbocycles. The first-order valence-corrected chi connectivity index (χ1v) is 5.91. The molecule has 1 aromatic heterocycles. The molecule has 0 radical (unpaired) electrons. The molecule has 0 aliphatic heterocycles. The van der Waals surface area contributed by atoms with Crippen molar-refractivity contribution in [2.45, 2.75) is 13.1 Å². The van der Waals surface area contributed by atoms with Gasteiger partial charge in [0.25, 0.3) is 0 Å². The minimum Gasteiger partial charge on any atom is -0.233 e. The van der Waals surface area contributed by atoms with Crippen LogP contribution in [-0.4, -0.2) is 9.97 Å². The number of benzene rings is 1. The van der Waals surface area contributed by atoms with E-state index in [4.69, 9.17) is 23.2 Å². The van der Waals surface area contributed by atoms with E-state index in [-0.39, 0.29) is 16.5 Å². The van der Waals surface area contributed by atoms with Gasteiger partial charge < -0.3 is 0 Å². The number of halogens is 5. The molecule has 2 rings (SSSR count). The number of aryl methyl sites for hydroxylation is 1. The van der Waals surface area contributed by atoms with Gasteiger partial charge >= 0.3 is 6.18 Å². The van der Waals surface area contributed by atoms with E-state index in [0.717, 1.165) is 6.07 Å². The normalized spacial score (nSPS) is 11.7. The Labute approximate surface area is 117 Å². The summed E-state index contributed by atoms with van der Waals surface area (Å²) < 4.78 is 38.0. The molecule has 1 aromatic carbocycles. The van der Waals surface area contributed by atoms with Crippen molar-refractivity contribution in [2.24, 2.45) is 0 Å². The molecular formula is C12H7Cl2F3N2. The van der Waals surface area contributed by atoms with Crippen molar-refractivity contribution in [1.29, 1.82) is 0 Å². The molecule has 0 amide bonds. The van der Waals surface area contributed by atoms with Gasteiger partial charge in [0.15, 0.2) is 0 Å². The zero-order valence-corrected chi connectivity index (χ0v) is 11.1. The predicted octanol–water partition coefficient (Wildman–Crippen LogP) is 4.78. The first-order chi connectivity index (χ1) is 8.77. The molecular weight excluding hydrogens is 300 g/mol. The molecule has 0 fully saturated rings. The van der Waals surface area contributed by atoms with Gasteiger partial charge in [0.05, 0.1) is 15.7 Å². The smallest absolute Gasteiger partial charge is 0.233 e. The van der Waals surface area contributed by atoms with Crippen LogP contribution in [0.4, 0.5) is 13.2 Å². The lowest BCUT2D eigenvalue weighted by Gasteiger charge is -2.09. The van der Waals surface area contributed by atoms with E-state index in [1.807, 2.05) is 0 Å². The van der Waals surface area contributed by atoms with Crippen molar-refractivity contribution < 1.29 is 13.2 Å². The van der Waals surface area contributed by atoms with Crippen LogP contribution in [0.2, 0.25) is 10.0 Å². The second kappa shape index (κ2) is 4.98. The van der Waals surface area contributed by atoms with Crippen LogP contribution in [0, 0.1) is 6.92 Å². The standard InChI is InChI=1S/C12H7Cl2F3N2/c1-6-18-10(5-11(19-6)12(15,16)17)7-2-3-8(13)9(14)4-7/h2-5H,1H3. The third kappa shape index (κ3) is 3.16. The summed E-state index contributed by atoms with van der Waals surface area (Å²) in [4.78, 5) is 7.35. The summed E-state index contributed by atoms with van der Waals surface area (Å²) in [6, 6.07) is 5.40. The zero-order valence-electron chi connectivity index (χ0n) is 9.59. The number of nitrogens with zero attached hydrogens (tertiary/aromatic N) is 2. The van der Waals surface area contributed by atoms with Crippen LogP contribution in [0.5, 0.6) is 0 Å². The molecule has 0 saturated carbocycles. The third-order valence-electron chi connectivity index (χ3n) is 2.34. The average molecular weight is 307 g/mol. The van der Waals surface area contributed by atoms with Crippen LogP contribution in [0.1, 0.15) is 11.5 Å². The van der Waals surface area contributed by atoms with Gasteiger partial charge in [-0.25, -0.2) is 9.97 Å². The second-order valence-corrected chi connectivity index (χ2v) is 4.63. The fraction of sp³-hybridized carbons (Fsp3) is 0.167. The van der Waals surface area contributed by atoms with E-state index >= 15 is 0 Å². The Bertz CT molecular complexity index is 627. The molecule has 100 valence electrons. The Kier molecular flexibility index (Phi) is 3.69. The van der Waals surface area contributed by atoms with Crippen molar-refractivity contribution in [1.82, 2.24) is 9.97 Å². The van der Waals surface area contributed by atoms with E-state index in [9.17, 15) is 13.2 Å². The third-order valence-corrected chi connectivity index (χ3v) is 3.08. The summed E-state index contributed by atoms with van der Waals surface area (Å²) in [6.07, 6.45) is -4.52. The van der Waals surface area contributed by atoms with Crippen LogP contribution in [0.15, 0.2) is 24.3 Å². The molecule has 1 heterocycles. The van der Waals surface area contributed by atoms with Crippen LogP contribution in [-0.2, 0) is 6.18 Å². The topological polar surface area (TPSA) is 25.8 Å². The molecule has 19 heavy (non-hydrogen) atoms. The highest BCUT2D eigenvalue weighted by molar-refractivity contribution is 6.42. The van der Waals surface area contributed by atoms with E-state index in [2.05, 4.69) is 9.97 Å². The minimum atomic E-state index is -4.52. The molecule has 0 N–H and O–H groups in total. The molecule has 0 bridgehead atoms. The Hall–Kier alpha value is -1.33. The van der Waals surface area contributed by atoms with Gasteiger partial charge in [-0.1, -0.05) is 29.3 Å². The summed E-state index contributed by atoms with van der Waals surface area (Å²) in [5.41, 5.74) is -0.384. The number of hydrogen-bond donors (Lipinski definition) is 0. The lowest BCUT2D eigenvalue weighted by atomic mass is 10.1. The molecule has 0 atom stereocenters. The van der Waals surface area contributed by atoms with E-state index < -0.39 is 11.9 Å². The largest absolute Gasteiger partial charge is 0.433 e. The maximum Gasteiger partial charge on any atom is 0.433 e. The van der Waals surface area contributed by atoms with Gasteiger partial charge in [0.1, 0.15) is 11.5 Å². The maximum atomic E-state index is 12.7. The Morgan fingerprint density at radius 1 is 1.00 bits per heavy atom. The van der Waals surface area contributed by atoms with Crippen LogP contribution in [0.25, 0.3) is 11.3 Å². The van der Waals surface area contributed by atoms with Crippen molar-refractivity contribution in [3.63, 3.8) is 0 Å². The van der Waals surface area contributed by atoms with Crippen LogP contribution in [0.3, 0.4) is 0 Å². The van der Waals surface area contributed by atoms with E-state index in [1.165, 1.54) is 19.1 Å². The Balaban J connectivity index is 2.56. The SMILES string of the molecule is Cc1nc(-c2ccc(Cl)c(Cl)c2)cc(C(F)(F)F)n1. The molecule has 2 aromatic rings. The summed E-state index contributed by atoms with van der Waals surface area (Å²) in [5, 5.41) is 0.580. The second-order valence-electron chi connectivity index (χ2n) is 3.81. The van der Waals surface area contributed by atoms with E-state index in [0.29, 0.717) is 10.6 Å². The molecule has 0 saturated heterocycles. The fourth-order valence-electron chi connectivity index (χ4n) is 1.52.